The lowest BCUT2D eigenvalue weighted by Crippen LogP contribution is -2.33. The van der Waals surface area contributed by atoms with Crippen LogP contribution in [0.1, 0.15) is 21.5 Å². The molecule has 0 heterocycles. The molecule has 8 heteroatoms. The second kappa shape index (κ2) is 9.00. The average molecular weight is 419 g/mol. The summed E-state index contributed by atoms with van der Waals surface area (Å²) in [6.07, 6.45) is 0. The molecule has 0 aliphatic carbocycles. The number of aryl methyl sites for hydroxylation is 1. The van der Waals surface area contributed by atoms with Crippen LogP contribution in [-0.4, -0.2) is 24.4 Å². The van der Waals surface area contributed by atoms with Crippen LogP contribution in [0.25, 0.3) is 0 Å². The normalized spacial score (nSPS) is 10.1. The summed E-state index contributed by atoms with van der Waals surface area (Å²) in [4.78, 5) is 34.8. The topological polar surface area (TPSA) is 113 Å². The maximum Gasteiger partial charge on any atom is 0.312 e. The average Bonchev–Trinajstić information content (AvgIpc) is 2.60. The lowest BCUT2D eigenvalue weighted by atomic mass is 10.1. The van der Waals surface area contributed by atoms with Crippen LogP contribution in [0.3, 0.4) is 0 Å². The summed E-state index contributed by atoms with van der Waals surface area (Å²) in [6, 6.07) is 11.5. The molecule has 0 fully saturated rings. The van der Waals surface area contributed by atoms with E-state index in [0.29, 0.717) is 11.3 Å². The highest BCUT2D eigenvalue weighted by molar-refractivity contribution is 9.10. The number of hydrogen-bond donors (Lipinski definition) is 4. The Balaban J connectivity index is 1.85. The number of halogens is 1. The van der Waals surface area contributed by atoms with Gasteiger partial charge in [-0.3, -0.25) is 9.59 Å². The van der Waals surface area contributed by atoms with Gasteiger partial charge in [-0.05, 0) is 48.4 Å². The highest BCUT2D eigenvalue weighted by atomic mass is 79.9. The van der Waals surface area contributed by atoms with Crippen molar-refractivity contribution >= 4 is 39.5 Å². The lowest BCUT2D eigenvalue weighted by molar-refractivity contribution is -0.115. The van der Waals surface area contributed by atoms with Gasteiger partial charge in [-0.25, -0.2) is 4.79 Å². The molecule has 2 rings (SSSR count). The van der Waals surface area contributed by atoms with E-state index in [0.717, 1.165) is 15.6 Å². The third-order valence-electron chi connectivity index (χ3n) is 3.55. The molecule has 0 bridgehead atoms. The number of urea groups is 1. The van der Waals surface area contributed by atoms with E-state index in [2.05, 4.69) is 31.9 Å². The van der Waals surface area contributed by atoms with Gasteiger partial charge < -0.3 is 21.7 Å². The Hall–Kier alpha value is -2.87. The number of amides is 4. The first-order valence-corrected chi connectivity index (χ1v) is 8.61. The molecule has 0 spiro atoms. The van der Waals surface area contributed by atoms with E-state index in [4.69, 9.17) is 5.73 Å². The number of benzene rings is 2. The molecule has 26 heavy (non-hydrogen) atoms. The third kappa shape index (κ3) is 5.89. The second-order valence-corrected chi connectivity index (χ2v) is 6.52. The van der Waals surface area contributed by atoms with Crippen LogP contribution < -0.4 is 21.7 Å². The van der Waals surface area contributed by atoms with Crippen molar-refractivity contribution < 1.29 is 14.4 Å². The lowest BCUT2D eigenvalue weighted by Gasteiger charge is -2.10. The van der Waals surface area contributed by atoms with Crippen molar-refractivity contribution in [3.8, 4) is 0 Å². The summed E-state index contributed by atoms with van der Waals surface area (Å²) in [5, 5.41) is 7.79. The van der Waals surface area contributed by atoms with Gasteiger partial charge in [-0.1, -0.05) is 28.1 Å². The maximum absolute atomic E-state index is 12.1. The van der Waals surface area contributed by atoms with Crippen LogP contribution in [0.2, 0.25) is 0 Å². The number of nitrogens with two attached hydrogens (primary N) is 1. The van der Waals surface area contributed by atoms with Gasteiger partial charge in [-0.2, -0.15) is 0 Å². The Kier molecular flexibility index (Phi) is 6.74. The Labute approximate surface area is 159 Å². The van der Waals surface area contributed by atoms with Crippen molar-refractivity contribution in [3.05, 3.63) is 63.6 Å². The second-order valence-electron chi connectivity index (χ2n) is 5.60. The molecule has 2 aromatic rings. The highest BCUT2D eigenvalue weighted by Crippen LogP contribution is 2.19. The van der Waals surface area contributed by atoms with Gasteiger partial charge in [0.25, 0.3) is 5.91 Å². The zero-order valence-corrected chi connectivity index (χ0v) is 15.7. The van der Waals surface area contributed by atoms with Crippen LogP contribution >= 0.6 is 15.9 Å². The van der Waals surface area contributed by atoms with Crippen LogP contribution in [0.15, 0.2) is 46.9 Å². The van der Waals surface area contributed by atoms with E-state index < -0.39 is 6.03 Å². The minimum Gasteiger partial charge on any atom is -0.352 e. The fourth-order valence-corrected chi connectivity index (χ4v) is 2.66. The van der Waals surface area contributed by atoms with Crippen molar-refractivity contribution in [2.45, 2.75) is 13.5 Å². The quantitative estimate of drug-likeness (QED) is 0.576. The summed E-state index contributed by atoms with van der Waals surface area (Å²) in [5.41, 5.74) is 7.84. The monoisotopic (exact) mass is 418 g/mol. The van der Waals surface area contributed by atoms with Gasteiger partial charge in [0.1, 0.15) is 0 Å². The standard InChI is InChI=1S/C18H19BrN4O3/c1-11-8-14(19)6-7-15(11)23-16(24)10-21-17(25)13-4-2-12(3-5-13)9-22-18(20)26/h2-8H,9-10H2,1H3,(H,21,25)(H,23,24)(H3,20,22,26). The van der Waals surface area contributed by atoms with Gasteiger partial charge in [0.15, 0.2) is 0 Å². The van der Waals surface area contributed by atoms with Crippen molar-refractivity contribution in [3.63, 3.8) is 0 Å². The van der Waals surface area contributed by atoms with E-state index in [1.807, 2.05) is 19.1 Å². The van der Waals surface area contributed by atoms with E-state index >= 15 is 0 Å². The zero-order chi connectivity index (χ0) is 19.1. The third-order valence-corrected chi connectivity index (χ3v) is 4.05. The largest absolute Gasteiger partial charge is 0.352 e. The van der Waals surface area contributed by atoms with Crippen LogP contribution in [-0.2, 0) is 11.3 Å². The summed E-state index contributed by atoms with van der Waals surface area (Å²) >= 11 is 3.36. The van der Waals surface area contributed by atoms with Crippen molar-refractivity contribution in [2.75, 3.05) is 11.9 Å². The van der Waals surface area contributed by atoms with E-state index in [9.17, 15) is 14.4 Å². The van der Waals surface area contributed by atoms with Gasteiger partial charge >= 0.3 is 6.03 Å². The van der Waals surface area contributed by atoms with Gasteiger partial charge in [0, 0.05) is 22.3 Å². The molecule has 5 N–H and O–H groups in total. The molecule has 0 aliphatic rings. The van der Waals surface area contributed by atoms with Gasteiger partial charge in [0.05, 0.1) is 6.54 Å². The SMILES string of the molecule is Cc1cc(Br)ccc1NC(=O)CNC(=O)c1ccc(CNC(N)=O)cc1. The number of hydrogen-bond acceptors (Lipinski definition) is 3. The minimum atomic E-state index is -0.612. The first-order chi connectivity index (χ1) is 12.3. The predicted octanol–water partition coefficient (Wildman–Crippen LogP) is 2.29. The smallest absolute Gasteiger partial charge is 0.312 e. The van der Waals surface area contributed by atoms with Crippen molar-refractivity contribution in [1.29, 1.82) is 0 Å². The molecular weight excluding hydrogens is 400 g/mol. The van der Waals surface area contributed by atoms with E-state index in [-0.39, 0.29) is 24.9 Å². The molecule has 7 nitrogen and oxygen atoms in total. The molecule has 0 aromatic heterocycles. The van der Waals surface area contributed by atoms with Crippen LogP contribution in [0, 0.1) is 6.92 Å². The zero-order valence-electron chi connectivity index (χ0n) is 14.1. The Morgan fingerprint density at radius 1 is 1.04 bits per heavy atom. The summed E-state index contributed by atoms with van der Waals surface area (Å²) in [6.45, 7) is 2.03. The fourth-order valence-electron chi connectivity index (χ4n) is 2.19. The molecule has 4 amide bonds. The molecule has 2 aromatic carbocycles. The molecular formula is C18H19BrN4O3. The molecule has 0 saturated heterocycles. The predicted molar refractivity (Wildman–Crippen MR) is 103 cm³/mol. The number of nitrogens with one attached hydrogen (secondary N) is 3. The summed E-state index contributed by atoms with van der Waals surface area (Å²) in [5.74, 6) is -0.673. The highest BCUT2D eigenvalue weighted by Gasteiger charge is 2.09. The van der Waals surface area contributed by atoms with Crippen LogP contribution in [0.4, 0.5) is 10.5 Å². The van der Waals surface area contributed by atoms with E-state index in [1.54, 1.807) is 30.3 Å². The molecule has 0 unspecified atom stereocenters. The number of rotatable bonds is 6. The van der Waals surface area contributed by atoms with Crippen LogP contribution in [0.5, 0.6) is 0 Å². The Morgan fingerprint density at radius 2 is 1.73 bits per heavy atom. The molecule has 0 radical (unpaired) electrons. The Bertz CT molecular complexity index is 822. The van der Waals surface area contributed by atoms with Gasteiger partial charge in [-0.15, -0.1) is 0 Å². The van der Waals surface area contributed by atoms with Crippen molar-refractivity contribution in [1.82, 2.24) is 10.6 Å². The van der Waals surface area contributed by atoms with Crippen molar-refractivity contribution in [2.24, 2.45) is 5.73 Å². The van der Waals surface area contributed by atoms with Gasteiger partial charge in [0.2, 0.25) is 5.91 Å². The fraction of sp³-hybridized carbons (Fsp3) is 0.167. The number of primary amides is 1. The molecule has 136 valence electrons. The number of carbonyl (C=O) groups excluding carboxylic acids is 3. The first kappa shape index (κ1) is 19.5. The first-order valence-electron chi connectivity index (χ1n) is 7.81. The maximum atomic E-state index is 12.1. The minimum absolute atomic E-state index is 0.140. The summed E-state index contributed by atoms with van der Waals surface area (Å²) in [7, 11) is 0. The summed E-state index contributed by atoms with van der Waals surface area (Å²) < 4.78 is 0.927. The molecule has 0 aliphatic heterocycles. The Morgan fingerprint density at radius 3 is 2.35 bits per heavy atom. The molecule has 0 atom stereocenters. The number of carbonyl (C=O) groups is 3. The number of anilines is 1. The molecule has 0 saturated carbocycles. The van der Waals surface area contributed by atoms with E-state index in [1.165, 1.54) is 0 Å².